The minimum atomic E-state index is 0.106. The van der Waals surface area contributed by atoms with Crippen LogP contribution in [0.3, 0.4) is 0 Å². The standard InChI is InChI=1S/C14H23NO/c1-3-5-6-10-13(15)12-9-7-8-11-14(12)16-4-2/h7-9,11,13H,3-6,10,15H2,1-2H3. The van der Waals surface area contributed by atoms with Crippen LogP contribution in [-0.4, -0.2) is 6.61 Å². The lowest BCUT2D eigenvalue weighted by atomic mass is 10.0. The van der Waals surface area contributed by atoms with E-state index in [1.165, 1.54) is 19.3 Å². The molecule has 0 fully saturated rings. The van der Waals surface area contributed by atoms with Crippen molar-refractivity contribution in [2.45, 2.75) is 45.6 Å². The molecule has 0 saturated heterocycles. The zero-order valence-electron chi connectivity index (χ0n) is 10.4. The second-order valence-corrected chi connectivity index (χ2v) is 4.07. The van der Waals surface area contributed by atoms with Gasteiger partial charge in [-0.05, 0) is 19.4 Å². The average molecular weight is 221 g/mol. The van der Waals surface area contributed by atoms with Crippen molar-refractivity contribution in [2.24, 2.45) is 5.73 Å². The number of unbranched alkanes of at least 4 members (excludes halogenated alkanes) is 2. The predicted octanol–water partition coefficient (Wildman–Crippen LogP) is 3.67. The van der Waals surface area contributed by atoms with E-state index >= 15 is 0 Å². The molecular formula is C14H23NO. The van der Waals surface area contributed by atoms with Crippen LogP contribution in [0, 0.1) is 0 Å². The highest BCUT2D eigenvalue weighted by molar-refractivity contribution is 5.35. The SMILES string of the molecule is CCCCCC(N)c1ccccc1OCC. The van der Waals surface area contributed by atoms with Gasteiger partial charge in [-0.3, -0.25) is 0 Å². The maximum absolute atomic E-state index is 6.19. The predicted molar refractivity (Wildman–Crippen MR) is 68.7 cm³/mol. The van der Waals surface area contributed by atoms with Crippen LogP contribution in [0.15, 0.2) is 24.3 Å². The summed E-state index contributed by atoms with van der Waals surface area (Å²) >= 11 is 0. The van der Waals surface area contributed by atoms with Crippen LogP contribution in [0.5, 0.6) is 5.75 Å². The van der Waals surface area contributed by atoms with E-state index < -0.39 is 0 Å². The van der Waals surface area contributed by atoms with E-state index in [1.54, 1.807) is 0 Å². The smallest absolute Gasteiger partial charge is 0.124 e. The molecule has 0 spiro atoms. The van der Waals surface area contributed by atoms with Crippen LogP contribution in [0.1, 0.15) is 51.1 Å². The number of benzene rings is 1. The number of hydrogen-bond donors (Lipinski definition) is 1. The normalized spacial score (nSPS) is 12.4. The quantitative estimate of drug-likeness (QED) is 0.713. The van der Waals surface area contributed by atoms with Crippen molar-refractivity contribution in [1.29, 1.82) is 0 Å². The van der Waals surface area contributed by atoms with Gasteiger partial charge in [-0.2, -0.15) is 0 Å². The first-order valence-corrected chi connectivity index (χ1v) is 6.26. The minimum Gasteiger partial charge on any atom is -0.494 e. The first-order valence-electron chi connectivity index (χ1n) is 6.26. The van der Waals surface area contributed by atoms with Gasteiger partial charge >= 0.3 is 0 Å². The number of hydrogen-bond acceptors (Lipinski definition) is 2. The summed E-state index contributed by atoms with van der Waals surface area (Å²) in [7, 11) is 0. The molecule has 0 aliphatic heterocycles. The molecule has 0 saturated carbocycles. The molecule has 2 N–H and O–H groups in total. The molecule has 16 heavy (non-hydrogen) atoms. The third-order valence-corrected chi connectivity index (χ3v) is 2.74. The summed E-state index contributed by atoms with van der Waals surface area (Å²) in [5.74, 6) is 0.939. The highest BCUT2D eigenvalue weighted by atomic mass is 16.5. The first kappa shape index (κ1) is 13.0. The van der Waals surface area contributed by atoms with E-state index in [0.29, 0.717) is 6.61 Å². The van der Waals surface area contributed by atoms with Crippen LogP contribution >= 0.6 is 0 Å². The maximum Gasteiger partial charge on any atom is 0.124 e. The maximum atomic E-state index is 6.19. The first-order chi connectivity index (χ1) is 7.79. The van der Waals surface area contributed by atoms with Gasteiger partial charge in [0, 0.05) is 11.6 Å². The number of nitrogens with two attached hydrogens (primary N) is 1. The van der Waals surface area contributed by atoms with Crippen molar-refractivity contribution >= 4 is 0 Å². The van der Waals surface area contributed by atoms with Gasteiger partial charge in [0.2, 0.25) is 0 Å². The lowest BCUT2D eigenvalue weighted by molar-refractivity contribution is 0.333. The van der Waals surface area contributed by atoms with Crippen LogP contribution in [0.2, 0.25) is 0 Å². The molecule has 0 radical (unpaired) electrons. The van der Waals surface area contributed by atoms with Crippen molar-refractivity contribution in [3.63, 3.8) is 0 Å². The van der Waals surface area contributed by atoms with Crippen LogP contribution in [-0.2, 0) is 0 Å². The molecule has 2 heteroatoms. The Bertz CT molecular complexity index is 299. The zero-order valence-corrected chi connectivity index (χ0v) is 10.4. The molecule has 1 aromatic rings. The monoisotopic (exact) mass is 221 g/mol. The summed E-state index contributed by atoms with van der Waals surface area (Å²) in [6.45, 7) is 4.90. The van der Waals surface area contributed by atoms with Crippen LogP contribution in [0.25, 0.3) is 0 Å². The molecule has 1 atom stereocenters. The fraction of sp³-hybridized carbons (Fsp3) is 0.571. The number of rotatable bonds is 7. The summed E-state index contributed by atoms with van der Waals surface area (Å²) in [5.41, 5.74) is 7.33. The van der Waals surface area contributed by atoms with Gasteiger partial charge in [0.15, 0.2) is 0 Å². The third kappa shape index (κ3) is 3.86. The van der Waals surface area contributed by atoms with Gasteiger partial charge in [-0.1, -0.05) is 44.4 Å². The summed E-state index contributed by atoms with van der Waals surface area (Å²) in [6.07, 6.45) is 4.72. The molecule has 0 aliphatic carbocycles. The molecule has 0 aromatic heterocycles. The molecule has 2 nitrogen and oxygen atoms in total. The molecule has 0 bridgehead atoms. The molecule has 0 heterocycles. The molecule has 0 aliphatic rings. The zero-order chi connectivity index (χ0) is 11.8. The Morgan fingerprint density at radius 3 is 2.62 bits per heavy atom. The van der Waals surface area contributed by atoms with Crippen molar-refractivity contribution in [3.8, 4) is 5.75 Å². The Morgan fingerprint density at radius 2 is 1.94 bits per heavy atom. The summed E-state index contributed by atoms with van der Waals surface area (Å²) in [4.78, 5) is 0. The highest BCUT2D eigenvalue weighted by Gasteiger charge is 2.10. The largest absolute Gasteiger partial charge is 0.494 e. The lowest BCUT2D eigenvalue weighted by Gasteiger charge is -2.16. The second-order valence-electron chi connectivity index (χ2n) is 4.07. The van der Waals surface area contributed by atoms with Crippen molar-refractivity contribution in [1.82, 2.24) is 0 Å². The third-order valence-electron chi connectivity index (χ3n) is 2.74. The Morgan fingerprint density at radius 1 is 1.19 bits per heavy atom. The second kappa shape index (κ2) is 7.29. The molecule has 1 aromatic carbocycles. The van der Waals surface area contributed by atoms with E-state index in [0.717, 1.165) is 17.7 Å². The summed E-state index contributed by atoms with van der Waals surface area (Å²) in [6, 6.07) is 8.19. The van der Waals surface area contributed by atoms with Crippen molar-refractivity contribution < 1.29 is 4.74 Å². The molecule has 0 amide bonds. The van der Waals surface area contributed by atoms with Gasteiger partial charge in [0.25, 0.3) is 0 Å². The van der Waals surface area contributed by atoms with Gasteiger partial charge in [0.05, 0.1) is 6.61 Å². The molecule has 1 unspecified atom stereocenters. The van der Waals surface area contributed by atoms with E-state index in [2.05, 4.69) is 13.0 Å². The van der Waals surface area contributed by atoms with Crippen LogP contribution in [0.4, 0.5) is 0 Å². The molecule has 1 rings (SSSR count). The molecular weight excluding hydrogens is 198 g/mol. The Labute approximate surface area is 98.8 Å². The highest BCUT2D eigenvalue weighted by Crippen LogP contribution is 2.26. The lowest BCUT2D eigenvalue weighted by Crippen LogP contribution is -2.12. The van der Waals surface area contributed by atoms with Gasteiger partial charge in [0.1, 0.15) is 5.75 Å². The Balaban J connectivity index is 2.62. The van der Waals surface area contributed by atoms with Crippen molar-refractivity contribution in [3.05, 3.63) is 29.8 Å². The topological polar surface area (TPSA) is 35.2 Å². The van der Waals surface area contributed by atoms with Crippen LogP contribution < -0.4 is 10.5 Å². The minimum absolute atomic E-state index is 0.106. The molecule has 90 valence electrons. The fourth-order valence-corrected chi connectivity index (χ4v) is 1.84. The average Bonchev–Trinajstić information content (AvgIpc) is 2.30. The van der Waals surface area contributed by atoms with E-state index in [1.807, 2.05) is 25.1 Å². The Hall–Kier alpha value is -1.02. The van der Waals surface area contributed by atoms with E-state index in [-0.39, 0.29) is 6.04 Å². The summed E-state index contributed by atoms with van der Waals surface area (Å²) in [5, 5.41) is 0. The van der Waals surface area contributed by atoms with Crippen molar-refractivity contribution in [2.75, 3.05) is 6.61 Å². The van der Waals surface area contributed by atoms with Gasteiger partial charge < -0.3 is 10.5 Å². The number of ether oxygens (including phenoxy) is 1. The van der Waals surface area contributed by atoms with Gasteiger partial charge in [-0.25, -0.2) is 0 Å². The van der Waals surface area contributed by atoms with E-state index in [9.17, 15) is 0 Å². The Kier molecular flexibility index (Phi) is 5.94. The summed E-state index contributed by atoms with van der Waals surface area (Å²) < 4.78 is 5.58. The number of para-hydroxylation sites is 1. The van der Waals surface area contributed by atoms with Gasteiger partial charge in [-0.15, -0.1) is 0 Å². The van der Waals surface area contributed by atoms with E-state index in [4.69, 9.17) is 10.5 Å². The fourth-order valence-electron chi connectivity index (χ4n) is 1.84.